The molecule has 1 aromatic heterocycles. The zero-order valence-corrected chi connectivity index (χ0v) is 17.6. The van der Waals surface area contributed by atoms with Gasteiger partial charge in [-0.25, -0.2) is 4.39 Å². The van der Waals surface area contributed by atoms with E-state index in [1.54, 1.807) is 11.3 Å². The standard InChI is InChI=1S/C25H27FOS/c1-16-5-7-20(25-17(2)4-6-18(3)27-25)14-21(16)15-23-12-13-24(28-23)19-8-10-22(26)11-9-19/h5,7-14,17-18,25H,4,6,15H2,1-3H3. The Morgan fingerprint density at radius 3 is 2.57 bits per heavy atom. The Morgan fingerprint density at radius 2 is 1.79 bits per heavy atom. The molecular weight excluding hydrogens is 367 g/mol. The van der Waals surface area contributed by atoms with Crippen LogP contribution in [0.4, 0.5) is 4.39 Å². The number of ether oxygens (including phenoxy) is 1. The van der Waals surface area contributed by atoms with Crippen LogP contribution in [0.5, 0.6) is 0 Å². The SMILES string of the molecule is Cc1ccc(C2OC(C)CCC2C)cc1Cc1ccc(-c2ccc(F)cc2)s1. The van der Waals surface area contributed by atoms with Crippen LogP contribution in [0.15, 0.2) is 54.6 Å². The minimum atomic E-state index is -0.193. The first-order valence-electron chi connectivity index (χ1n) is 10.1. The zero-order chi connectivity index (χ0) is 19.7. The average molecular weight is 395 g/mol. The zero-order valence-electron chi connectivity index (χ0n) is 16.7. The van der Waals surface area contributed by atoms with E-state index in [9.17, 15) is 4.39 Å². The molecule has 146 valence electrons. The maximum absolute atomic E-state index is 13.2. The second-order valence-corrected chi connectivity index (χ2v) is 9.23. The lowest BCUT2D eigenvalue weighted by Gasteiger charge is -2.34. The van der Waals surface area contributed by atoms with Gasteiger partial charge in [-0.15, -0.1) is 11.3 Å². The van der Waals surface area contributed by atoms with Crippen LogP contribution in [0.1, 0.15) is 54.4 Å². The second kappa shape index (κ2) is 8.18. The number of thiophene rings is 1. The molecule has 3 heteroatoms. The van der Waals surface area contributed by atoms with Gasteiger partial charge in [0, 0.05) is 16.2 Å². The molecule has 1 aliphatic heterocycles. The summed E-state index contributed by atoms with van der Waals surface area (Å²) in [6, 6.07) is 17.9. The Balaban J connectivity index is 1.56. The van der Waals surface area contributed by atoms with Crippen molar-refractivity contribution in [3.8, 4) is 10.4 Å². The van der Waals surface area contributed by atoms with Gasteiger partial charge in [-0.05, 0) is 79.1 Å². The van der Waals surface area contributed by atoms with Gasteiger partial charge in [0.25, 0.3) is 0 Å². The van der Waals surface area contributed by atoms with Crippen molar-refractivity contribution in [2.45, 2.75) is 52.2 Å². The minimum absolute atomic E-state index is 0.193. The van der Waals surface area contributed by atoms with Crippen LogP contribution in [0.3, 0.4) is 0 Å². The van der Waals surface area contributed by atoms with Crippen molar-refractivity contribution in [3.63, 3.8) is 0 Å². The highest BCUT2D eigenvalue weighted by Gasteiger charge is 2.27. The normalized spacial score (nSPS) is 22.4. The van der Waals surface area contributed by atoms with E-state index < -0.39 is 0 Å². The average Bonchev–Trinajstić information content (AvgIpc) is 3.15. The van der Waals surface area contributed by atoms with Crippen molar-refractivity contribution < 1.29 is 9.13 Å². The van der Waals surface area contributed by atoms with E-state index in [1.165, 1.54) is 45.0 Å². The molecule has 0 radical (unpaired) electrons. The Labute approximate surface area is 171 Å². The second-order valence-electron chi connectivity index (χ2n) is 8.06. The number of hydrogen-bond acceptors (Lipinski definition) is 2. The summed E-state index contributed by atoms with van der Waals surface area (Å²) >= 11 is 1.78. The van der Waals surface area contributed by atoms with Crippen LogP contribution in [0.25, 0.3) is 10.4 Å². The topological polar surface area (TPSA) is 9.23 Å². The first-order chi connectivity index (χ1) is 13.5. The summed E-state index contributed by atoms with van der Waals surface area (Å²) in [6.45, 7) is 6.66. The maximum atomic E-state index is 13.2. The molecular formula is C25H27FOS. The van der Waals surface area contributed by atoms with Crippen molar-refractivity contribution >= 4 is 11.3 Å². The number of benzene rings is 2. The van der Waals surface area contributed by atoms with E-state index in [-0.39, 0.29) is 11.9 Å². The van der Waals surface area contributed by atoms with Gasteiger partial charge in [0.2, 0.25) is 0 Å². The van der Waals surface area contributed by atoms with E-state index in [2.05, 4.69) is 51.1 Å². The van der Waals surface area contributed by atoms with E-state index in [1.807, 2.05) is 12.1 Å². The Morgan fingerprint density at radius 1 is 1.00 bits per heavy atom. The molecule has 4 rings (SSSR count). The van der Waals surface area contributed by atoms with Gasteiger partial charge in [-0.1, -0.05) is 37.3 Å². The molecule has 3 atom stereocenters. The molecule has 0 spiro atoms. The largest absolute Gasteiger partial charge is 0.370 e. The van der Waals surface area contributed by atoms with Crippen LogP contribution in [-0.4, -0.2) is 6.10 Å². The number of rotatable bonds is 4. The van der Waals surface area contributed by atoms with Crippen LogP contribution in [0, 0.1) is 18.7 Å². The Bertz CT molecular complexity index is 943. The minimum Gasteiger partial charge on any atom is -0.370 e. The van der Waals surface area contributed by atoms with Crippen LogP contribution < -0.4 is 0 Å². The Hall–Kier alpha value is -1.97. The summed E-state index contributed by atoms with van der Waals surface area (Å²) in [6.07, 6.45) is 3.82. The first kappa shape index (κ1) is 19.4. The van der Waals surface area contributed by atoms with E-state index in [0.717, 1.165) is 18.4 Å². The van der Waals surface area contributed by atoms with Gasteiger partial charge in [0.15, 0.2) is 0 Å². The molecule has 1 aliphatic rings. The molecule has 3 unspecified atom stereocenters. The van der Waals surface area contributed by atoms with Crippen molar-refractivity contribution in [3.05, 3.63) is 82.0 Å². The summed E-state index contributed by atoms with van der Waals surface area (Å²) in [5, 5.41) is 0. The molecule has 1 nitrogen and oxygen atoms in total. The molecule has 1 fully saturated rings. The first-order valence-corrected chi connectivity index (χ1v) is 10.9. The van der Waals surface area contributed by atoms with Crippen LogP contribution in [-0.2, 0) is 11.2 Å². The van der Waals surface area contributed by atoms with Crippen LogP contribution in [0.2, 0.25) is 0 Å². The summed E-state index contributed by atoms with van der Waals surface area (Å²) in [4.78, 5) is 2.51. The molecule has 0 N–H and O–H groups in total. The van der Waals surface area contributed by atoms with Gasteiger partial charge in [-0.3, -0.25) is 0 Å². The lowest BCUT2D eigenvalue weighted by molar-refractivity contribution is -0.0722. The van der Waals surface area contributed by atoms with Gasteiger partial charge < -0.3 is 4.74 Å². The number of aryl methyl sites for hydroxylation is 1. The number of halogens is 1. The molecule has 3 aromatic rings. The van der Waals surface area contributed by atoms with Crippen molar-refractivity contribution in [2.75, 3.05) is 0 Å². The molecule has 0 saturated carbocycles. The van der Waals surface area contributed by atoms with Gasteiger partial charge in [-0.2, -0.15) is 0 Å². The van der Waals surface area contributed by atoms with E-state index in [4.69, 9.17) is 4.74 Å². The monoisotopic (exact) mass is 394 g/mol. The molecule has 2 aromatic carbocycles. The summed E-state index contributed by atoms with van der Waals surface area (Å²) in [7, 11) is 0. The van der Waals surface area contributed by atoms with Gasteiger partial charge in [0.05, 0.1) is 12.2 Å². The third kappa shape index (κ3) is 4.21. The van der Waals surface area contributed by atoms with Crippen molar-refractivity contribution in [1.82, 2.24) is 0 Å². The van der Waals surface area contributed by atoms with Crippen molar-refractivity contribution in [1.29, 1.82) is 0 Å². The van der Waals surface area contributed by atoms with Gasteiger partial charge >= 0.3 is 0 Å². The third-order valence-electron chi connectivity index (χ3n) is 5.78. The maximum Gasteiger partial charge on any atom is 0.123 e. The van der Waals surface area contributed by atoms with Gasteiger partial charge in [0.1, 0.15) is 5.82 Å². The molecule has 2 heterocycles. The fourth-order valence-corrected chi connectivity index (χ4v) is 5.03. The molecule has 0 aliphatic carbocycles. The summed E-state index contributed by atoms with van der Waals surface area (Å²) in [5.74, 6) is 0.361. The summed E-state index contributed by atoms with van der Waals surface area (Å²) in [5.41, 5.74) is 5.05. The highest BCUT2D eigenvalue weighted by molar-refractivity contribution is 7.15. The lowest BCUT2D eigenvalue weighted by Crippen LogP contribution is -2.26. The van der Waals surface area contributed by atoms with E-state index in [0.29, 0.717) is 12.0 Å². The van der Waals surface area contributed by atoms with Crippen molar-refractivity contribution in [2.24, 2.45) is 5.92 Å². The lowest BCUT2D eigenvalue weighted by atomic mass is 9.87. The number of hydrogen-bond donors (Lipinski definition) is 0. The summed E-state index contributed by atoms with van der Waals surface area (Å²) < 4.78 is 19.4. The highest BCUT2D eigenvalue weighted by Crippen LogP contribution is 2.37. The molecule has 28 heavy (non-hydrogen) atoms. The predicted molar refractivity (Wildman–Crippen MR) is 115 cm³/mol. The smallest absolute Gasteiger partial charge is 0.123 e. The third-order valence-corrected chi connectivity index (χ3v) is 6.92. The molecule has 0 amide bonds. The fraction of sp³-hybridized carbons (Fsp3) is 0.360. The highest BCUT2D eigenvalue weighted by atomic mass is 32.1. The predicted octanol–water partition coefficient (Wildman–Crippen LogP) is 7.33. The molecule has 0 bridgehead atoms. The van der Waals surface area contributed by atoms with Crippen LogP contribution >= 0.6 is 11.3 Å². The Kier molecular flexibility index (Phi) is 5.65. The molecule has 1 saturated heterocycles. The quantitative estimate of drug-likeness (QED) is 0.450. The fourth-order valence-electron chi connectivity index (χ4n) is 4.00. The van der Waals surface area contributed by atoms with E-state index >= 15 is 0 Å².